The molecule has 0 spiro atoms. The third-order valence-corrected chi connectivity index (χ3v) is 13.0. The number of furan rings is 1. The quantitative estimate of drug-likeness (QED) is 0.156. The van der Waals surface area contributed by atoms with E-state index in [-0.39, 0.29) is 0 Å². The Morgan fingerprint density at radius 1 is 0.274 bits per heavy atom. The summed E-state index contributed by atoms with van der Waals surface area (Å²) in [6.07, 6.45) is 0. The monoisotopic (exact) mass is 787 g/mol. The lowest BCUT2D eigenvalue weighted by molar-refractivity contribution is 0.670. The minimum atomic E-state index is 0.905. The summed E-state index contributed by atoms with van der Waals surface area (Å²) in [5.41, 5.74) is 17.3. The lowest BCUT2D eigenvalue weighted by Gasteiger charge is -2.26. The van der Waals surface area contributed by atoms with E-state index in [1.807, 2.05) is 12.1 Å². The van der Waals surface area contributed by atoms with Gasteiger partial charge in [-0.25, -0.2) is 0 Å². The minimum absolute atomic E-state index is 0.905. The zero-order valence-electron chi connectivity index (χ0n) is 33.7. The summed E-state index contributed by atoms with van der Waals surface area (Å²) >= 11 is 0. The number of rotatable bonds is 6. The van der Waals surface area contributed by atoms with E-state index in [2.05, 4.69) is 217 Å². The Kier molecular flexibility index (Phi) is 7.64. The fourth-order valence-electron chi connectivity index (χ4n) is 10.0. The van der Waals surface area contributed by atoms with Gasteiger partial charge in [-0.15, -0.1) is 0 Å². The van der Waals surface area contributed by atoms with Gasteiger partial charge in [0.15, 0.2) is 0 Å². The van der Waals surface area contributed by atoms with E-state index in [1.54, 1.807) is 0 Å². The maximum atomic E-state index is 6.46. The molecule has 11 aromatic carbocycles. The lowest BCUT2D eigenvalue weighted by Crippen LogP contribution is -2.10. The number of nitrogens with zero attached hydrogens (tertiary/aromatic N) is 1. The average Bonchev–Trinajstić information content (AvgIpc) is 3.89. The molecule has 288 valence electrons. The van der Waals surface area contributed by atoms with E-state index in [0.717, 1.165) is 50.1 Å². The number of anilines is 3. The van der Waals surface area contributed by atoms with Crippen molar-refractivity contribution < 1.29 is 4.42 Å². The fourth-order valence-corrected chi connectivity index (χ4v) is 10.0. The second kappa shape index (κ2) is 13.7. The molecule has 13 rings (SSSR count). The van der Waals surface area contributed by atoms with Crippen LogP contribution in [0, 0.1) is 0 Å². The summed E-state index contributed by atoms with van der Waals surface area (Å²) in [5.74, 6) is 0. The smallest absolute Gasteiger partial charge is 0.143 e. The number of para-hydroxylation sites is 2. The van der Waals surface area contributed by atoms with Crippen LogP contribution in [-0.2, 0) is 0 Å². The second-order valence-corrected chi connectivity index (χ2v) is 16.5. The third-order valence-electron chi connectivity index (χ3n) is 13.0. The Bertz CT molecular complexity index is 3740. The van der Waals surface area contributed by atoms with Crippen LogP contribution in [0.2, 0.25) is 0 Å². The van der Waals surface area contributed by atoms with Gasteiger partial charge >= 0.3 is 0 Å². The predicted molar refractivity (Wildman–Crippen MR) is 262 cm³/mol. The molecular formula is C60H37NO. The molecule has 0 bridgehead atoms. The first-order chi connectivity index (χ1) is 30.7. The maximum absolute atomic E-state index is 6.46. The highest BCUT2D eigenvalue weighted by molar-refractivity contribution is 6.16. The van der Waals surface area contributed by atoms with Crippen LogP contribution in [0.3, 0.4) is 0 Å². The van der Waals surface area contributed by atoms with E-state index in [4.69, 9.17) is 4.42 Å². The van der Waals surface area contributed by atoms with Crippen molar-refractivity contribution in [1.82, 2.24) is 0 Å². The van der Waals surface area contributed by atoms with Gasteiger partial charge in [-0.3, -0.25) is 0 Å². The van der Waals surface area contributed by atoms with Crippen molar-refractivity contribution in [3.63, 3.8) is 0 Å². The molecule has 0 unspecified atom stereocenters. The largest absolute Gasteiger partial charge is 0.455 e. The number of hydrogen-bond donors (Lipinski definition) is 0. The van der Waals surface area contributed by atoms with E-state index in [1.165, 1.54) is 76.8 Å². The highest BCUT2D eigenvalue weighted by atomic mass is 16.3. The van der Waals surface area contributed by atoms with Gasteiger partial charge in [-0.05, 0) is 143 Å². The lowest BCUT2D eigenvalue weighted by atomic mass is 9.95. The molecule has 0 fully saturated rings. The Labute approximate surface area is 359 Å². The SMILES string of the molecule is c1cc(-c2ccc3ccc4ccccc4c3c2)cc(N(c2ccc(-c3cc4c5c(cccc5c3)-c3ccccc3-4)cc2)c2ccc(-c3cccc4c3oc3ccccc34)cc2)c1. The summed E-state index contributed by atoms with van der Waals surface area (Å²) in [4.78, 5) is 2.37. The van der Waals surface area contributed by atoms with Crippen LogP contribution in [0.15, 0.2) is 229 Å². The van der Waals surface area contributed by atoms with Crippen molar-refractivity contribution >= 4 is 71.3 Å². The zero-order valence-corrected chi connectivity index (χ0v) is 33.7. The van der Waals surface area contributed by atoms with Crippen molar-refractivity contribution in [3.8, 4) is 55.6 Å². The molecule has 62 heavy (non-hydrogen) atoms. The van der Waals surface area contributed by atoms with E-state index >= 15 is 0 Å². The molecule has 0 saturated carbocycles. The van der Waals surface area contributed by atoms with Gasteiger partial charge in [0.05, 0.1) is 0 Å². The molecule has 0 saturated heterocycles. The third kappa shape index (κ3) is 5.44. The normalized spacial score (nSPS) is 11.9. The van der Waals surface area contributed by atoms with E-state index in [9.17, 15) is 0 Å². The first kappa shape index (κ1) is 34.6. The van der Waals surface area contributed by atoms with Crippen LogP contribution in [0.25, 0.3) is 110 Å². The summed E-state index contributed by atoms with van der Waals surface area (Å²) in [6.45, 7) is 0. The molecule has 1 aliphatic rings. The predicted octanol–water partition coefficient (Wildman–Crippen LogP) is 17.2. The van der Waals surface area contributed by atoms with Crippen molar-refractivity contribution in [3.05, 3.63) is 224 Å². The van der Waals surface area contributed by atoms with Crippen LogP contribution < -0.4 is 4.90 Å². The van der Waals surface area contributed by atoms with Crippen LogP contribution in [-0.4, -0.2) is 0 Å². The molecule has 2 heteroatoms. The zero-order chi connectivity index (χ0) is 40.7. The molecule has 12 aromatic rings. The van der Waals surface area contributed by atoms with Crippen molar-refractivity contribution in [2.75, 3.05) is 4.90 Å². The fraction of sp³-hybridized carbons (Fsp3) is 0. The van der Waals surface area contributed by atoms with Gasteiger partial charge in [-0.1, -0.05) is 164 Å². The molecule has 2 nitrogen and oxygen atoms in total. The highest BCUT2D eigenvalue weighted by Crippen LogP contribution is 2.49. The number of fused-ring (bicyclic) bond motifs is 9. The van der Waals surface area contributed by atoms with Gasteiger partial charge in [-0.2, -0.15) is 0 Å². The first-order valence-electron chi connectivity index (χ1n) is 21.3. The van der Waals surface area contributed by atoms with Gasteiger partial charge in [0.25, 0.3) is 0 Å². The van der Waals surface area contributed by atoms with Crippen LogP contribution in [0.5, 0.6) is 0 Å². The second-order valence-electron chi connectivity index (χ2n) is 16.5. The molecule has 1 aliphatic carbocycles. The molecule has 0 atom stereocenters. The van der Waals surface area contributed by atoms with Crippen molar-refractivity contribution in [2.45, 2.75) is 0 Å². The summed E-state index contributed by atoms with van der Waals surface area (Å²) in [6, 6.07) is 81.8. The molecule has 1 aromatic heterocycles. The Morgan fingerprint density at radius 2 is 0.855 bits per heavy atom. The van der Waals surface area contributed by atoms with Crippen LogP contribution in [0.1, 0.15) is 0 Å². The summed E-state index contributed by atoms with van der Waals surface area (Å²) in [7, 11) is 0. The van der Waals surface area contributed by atoms with Crippen molar-refractivity contribution in [2.24, 2.45) is 0 Å². The Balaban J connectivity index is 0.927. The number of hydrogen-bond acceptors (Lipinski definition) is 2. The van der Waals surface area contributed by atoms with Gasteiger partial charge < -0.3 is 9.32 Å². The minimum Gasteiger partial charge on any atom is -0.455 e. The number of benzene rings is 11. The topological polar surface area (TPSA) is 16.4 Å². The molecular weight excluding hydrogens is 751 g/mol. The molecule has 0 radical (unpaired) electrons. The average molecular weight is 788 g/mol. The maximum Gasteiger partial charge on any atom is 0.143 e. The Morgan fingerprint density at radius 3 is 1.69 bits per heavy atom. The van der Waals surface area contributed by atoms with Gasteiger partial charge in [0.2, 0.25) is 0 Å². The van der Waals surface area contributed by atoms with E-state index < -0.39 is 0 Å². The molecule has 0 N–H and O–H groups in total. The summed E-state index contributed by atoms with van der Waals surface area (Å²) in [5, 5.41) is 9.92. The molecule has 0 amide bonds. The van der Waals surface area contributed by atoms with Crippen LogP contribution in [0.4, 0.5) is 17.1 Å². The van der Waals surface area contributed by atoms with E-state index in [0.29, 0.717) is 0 Å². The van der Waals surface area contributed by atoms with Gasteiger partial charge in [0, 0.05) is 33.4 Å². The Hall–Kier alpha value is -8.20. The first-order valence-corrected chi connectivity index (χ1v) is 21.3. The standard InChI is InChI=1S/C60H37NO/c1-2-14-49-39(10-1)22-23-41-24-25-43(36-56(41)49)42-11-7-13-48(35-42)61(47-32-28-40(29-33-47)50-18-9-20-55-53-17-5-6-21-58(53)62-60(50)55)46-30-26-38(27-31-46)45-34-44-12-8-19-54-51-15-3-4-16-52(51)57(37-45)59(44)54/h1-37H. The van der Waals surface area contributed by atoms with Crippen molar-refractivity contribution in [1.29, 1.82) is 0 Å². The van der Waals surface area contributed by atoms with Crippen LogP contribution >= 0.6 is 0 Å². The molecule has 0 aliphatic heterocycles. The highest BCUT2D eigenvalue weighted by Gasteiger charge is 2.22. The van der Waals surface area contributed by atoms with Gasteiger partial charge in [0.1, 0.15) is 11.2 Å². The molecule has 1 heterocycles. The summed E-state index contributed by atoms with van der Waals surface area (Å²) < 4.78 is 6.46.